The Hall–Kier alpha value is -1.26. The van der Waals surface area contributed by atoms with Crippen molar-refractivity contribution in [3.8, 4) is 11.5 Å². The maximum Gasteiger partial charge on any atom is 0.161 e. The van der Waals surface area contributed by atoms with Crippen LogP contribution in [0.15, 0.2) is 24.3 Å². The molecular weight excluding hydrogens is 242 g/mol. The number of hydrogen-bond donors (Lipinski definition) is 1. The first-order chi connectivity index (χ1) is 9.31. The standard InChI is InChI=1S/C15H25NO3/c1-4-10-16-11-13(12-17-3)19-15-9-7-6-8-14(15)18-5-2/h6-9,13,16H,4-5,10-12H2,1-3H3. The van der Waals surface area contributed by atoms with Crippen LogP contribution in [-0.4, -0.2) is 39.5 Å². The Balaban J connectivity index is 2.61. The van der Waals surface area contributed by atoms with Gasteiger partial charge in [0.05, 0.1) is 13.2 Å². The third kappa shape index (κ3) is 5.94. The molecule has 0 radical (unpaired) electrons. The Kier molecular flexibility index (Phi) is 8.02. The van der Waals surface area contributed by atoms with Crippen LogP contribution in [0.4, 0.5) is 0 Å². The predicted octanol–water partition coefficient (Wildman–Crippen LogP) is 2.48. The highest BCUT2D eigenvalue weighted by atomic mass is 16.5. The van der Waals surface area contributed by atoms with E-state index in [1.54, 1.807) is 7.11 Å². The van der Waals surface area contributed by atoms with Gasteiger partial charge in [0, 0.05) is 13.7 Å². The zero-order valence-corrected chi connectivity index (χ0v) is 12.1. The summed E-state index contributed by atoms with van der Waals surface area (Å²) in [5.74, 6) is 1.55. The van der Waals surface area contributed by atoms with Gasteiger partial charge in [0.25, 0.3) is 0 Å². The topological polar surface area (TPSA) is 39.7 Å². The van der Waals surface area contributed by atoms with Gasteiger partial charge in [0.15, 0.2) is 11.5 Å². The molecule has 0 aliphatic rings. The number of hydrogen-bond acceptors (Lipinski definition) is 4. The van der Waals surface area contributed by atoms with E-state index < -0.39 is 0 Å². The molecule has 0 saturated carbocycles. The highest BCUT2D eigenvalue weighted by Gasteiger charge is 2.12. The first-order valence-corrected chi connectivity index (χ1v) is 6.89. The molecule has 1 N–H and O–H groups in total. The summed E-state index contributed by atoms with van der Waals surface area (Å²) < 4.78 is 16.7. The molecule has 0 aliphatic carbocycles. The molecule has 0 amide bonds. The van der Waals surface area contributed by atoms with Crippen molar-refractivity contribution in [2.75, 3.05) is 33.4 Å². The minimum atomic E-state index is -0.0156. The molecule has 1 aromatic carbocycles. The van der Waals surface area contributed by atoms with E-state index in [9.17, 15) is 0 Å². The predicted molar refractivity (Wildman–Crippen MR) is 77.1 cm³/mol. The molecule has 0 saturated heterocycles. The molecule has 1 atom stereocenters. The summed E-state index contributed by atoms with van der Waals surface area (Å²) in [4.78, 5) is 0. The minimum Gasteiger partial charge on any atom is -0.490 e. The number of nitrogens with one attached hydrogen (secondary N) is 1. The van der Waals surface area contributed by atoms with Crippen LogP contribution < -0.4 is 14.8 Å². The highest BCUT2D eigenvalue weighted by molar-refractivity contribution is 5.39. The zero-order chi connectivity index (χ0) is 13.9. The van der Waals surface area contributed by atoms with Gasteiger partial charge in [0.2, 0.25) is 0 Å². The molecule has 0 bridgehead atoms. The van der Waals surface area contributed by atoms with Crippen LogP contribution in [-0.2, 0) is 4.74 Å². The lowest BCUT2D eigenvalue weighted by atomic mass is 10.3. The van der Waals surface area contributed by atoms with Gasteiger partial charge in [0.1, 0.15) is 6.10 Å². The second-order valence-electron chi connectivity index (χ2n) is 4.28. The van der Waals surface area contributed by atoms with Crippen molar-refractivity contribution in [1.82, 2.24) is 5.32 Å². The fourth-order valence-electron chi connectivity index (χ4n) is 1.76. The van der Waals surface area contributed by atoms with Crippen molar-refractivity contribution in [3.05, 3.63) is 24.3 Å². The van der Waals surface area contributed by atoms with Gasteiger partial charge < -0.3 is 19.5 Å². The van der Waals surface area contributed by atoms with Gasteiger partial charge in [-0.1, -0.05) is 19.1 Å². The van der Waals surface area contributed by atoms with Gasteiger partial charge in [-0.3, -0.25) is 0 Å². The van der Waals surface area contributed by atoms with Crippen LogP contribution >= 0.6 is 0 Å². The molecule has 4 nitrogen and oxygen atoms in total. The number of para-hydroxylation sites is 2. The van der Waals surface area contributed by atoms with E-state index in [1.165, 1.54) is 0 Å². The molecule has 19 heavy (non-hydrogen) atoms. The maximum absolute atomic E-state index is 5.97. The van der Waals surface area contributed by atoms with Crippen LogP contribution in [0.5, 0.6) is 11.5 Å². The number of rotatable bonds is 10. The van der Waals surface area contributed by atoms with Gasteiger partial charge >= 0.3 is 0 Å². The van der Waals surface area contributed by atoms with Crippen molar-refractivity contribution in [3.63, 3.8) is 0 Å². The Bertz CT molecular complexity index is 344. The monoisotopic (exact) mass is 267 g/mol. The smallest absolute Gasteiger partial charge is 0.161 e. The van der Waals surface area contributed by atoms with Crippen LogP contribution in [0, 0.1) is 0 Å². The molecule has 0 aliphatic heterocycles. The van der Waals surface area contributed by atoms with E-state index >= 15 is 0 Å². The van der Waals surface area contributed by atoms with E-state index in [2.05, 4.69) is 12.2 Å². The molecule has 108 valence electrons. The Morgan fingerprint density at radius 3 is 2.53 bits per heavy atom. The zero-order valence-electron chi connectivity index (χ0n) is 12.1. The Labute approximate surface area is 116 Å². The lowest BCUT2D eigenvalue weighted by Gasteiger charge is -2.20. The highest BCUT2D eigenvalue weighted by Crippen LogP contribution is 2.27. The molecule has 4 heteroatoms. The number of methoxy groups -OCH3 is 1. The normalized spacial score (nSPS) is 12.2. The van der Waals surface area contributed by atoms with Crippen molar-refractivity contribution in [2.24, 2.45) is 0 Å². The molecule has 0 heterocycles. The Morgan fingerprint density at radius 2 is 1.89 bits per heavy atom. The second kappa shape index (κ2) is 9.64. The molecule has 1 rings (SSSR count). The molecule has 0 aromatic heterocycles. The van der Waals surface area contributed by atoms with E-state index in [0.717, 1.165) is 31.0 Å². The van der Waals surface area contributed by atoms with Crippen molar-refractivity contribution in [2.45, 2.75) is 26.4 Å². The van der Waals surface area contributed by atoms with Crippen molar-refractivity contribution < 1.29 is 14.2 Å². The van der Waals surface area contributed by atoms with E-state index in [0.29, 0.717) is 13.2 Å². The summed E-state index contributed by atoms with van der Waals surface area (Å²) in [7, 11) is 1.69. The lowest BCUT2D eigenvalue weighted by molar-refractivity contribution is 0.0782. The largest absolute Gasteiger partial charge is 0.490 e. The Morgan fingerprint density at radius 1 is 1.16 bits per heavy atom. The molecule has 1 unspecified atom stereocenters. The van der Waals surface area contributed by atoms with Gasteiger partial charge in [-0.2, -0.15) is 0 Å². The average Bonchev–Trinajstić information content (AvgIpc) is 2.42. The maximum atomic E-state index is 5.97. The van der Waals surface area contributed by atoms with Gasteiger partial charge in [-0.15, -0.1) is 0 Å². The summed E-state index contributed by atoms with van der Waals surface area (Å²) in [5.41, 5.74) is 0. The first kappa shape index (κ1) is 15.8. The number of benzene rings is 1. The number of ether oxygens (including phenoxy) is 3. The lowest BCUT2D eigenvalue weighted by Crippen LogP contribution is -2.35. The van der Waals surface area contributed by atoms with E-state index in [-0.39, 0.29) is 6.10 Å². The fraction of sp³-hybridized carbons (Fsp3) is 0.600. The van der Waals surface area contributed by atoms with Gasteiger partial charge in [-0.25, -0.2) is 0 Å². The van der Waals surface area contributed by atoms with Crippen LogP contribution in [0.3, 0.4) is 0 Å². The van der Waals surface area contributed by atoms with Gasteiger partial charge in [-0.05, 0) is 32.0 Å². The van der Waals surface area contributed by atoms with E-state index in [1.807, 2.05) is 31.2 Å². The minimum absolute atomic E-state index is 0.0156. The summed E-state index contributed by atoms with van der Waals surface area (Å²) in [6.07, 6.45) is 1.09. The third-order valence-electron chi connectivity index (χ3n) is 2.59. The molecule has 0 spiro atoms. The molecular formula is C15H25NO3. The molecule has 0 fully saturated rings. The second-order valence-corrected chi connectivity index (χ2v) is 4.28. The quantitative estimate of drug-likeness (QED) is 0.661. The van der Waals surface area contributed by atoms with Crippen LogP contribution in [0.25, 0.3) is 0 Å². The SMILES string of the molecule is CCCNCC(COC)Oc1ccccc1OCC. The van der Waals surface area contributed by atoms with Crippen molar-refractivity contribution >= 4 is 0 Å². The fourth-order valence-corrected chi connectivity index (χ4v) is 1.76. The summed E-state index contributed by atoms with van der Waals surface area (Å²) in [5, 5.41) is 3.35. The van der Waals surface area contributed by atoms with Crippen LogP contribution in [0.2, 0.25) is 0 Å². The summed E-state index contributed by atoms with van der Waals surface area (Å²) in [6, 6.07) is 7.73. The molecule has 1 aromatic rings. The van der Waals surface area contributed by atoms with E-state index in [4.69, 9.17) is 14.2 Å². The van der Waals surface area contributed by atoms with Crippen LogP contribution in [0.1, 0.15) is 20.3 Å². The summed E-state index contributed by atoms with van der Waals surface area (Å²) in [6.45, 7) is 7.04. The summed E-state index contributed by atoms with van der Waals surface area (Å²) >= 11 is 0. The average molecular weight is 267 g/mol. The third-order valence-corrected chi connectivity index (χ3v) is 2.59. The first-order valence-electron chi connectivity index (χ1n) is 6.89. The van der Waals surface area contributed by atoms with Crippen molar-refractivity contribution in [1.29, 1.82) is 0 Å².